The van der Waals surface area contributed by atoms with Gasteiger partial charge in [-0.2, -0.15) is 0 Å². The molecule has 2 N–H and O–H groups in total. The summed E-state index contributed by atoms with van der Waals surface area (Å²) in [6.07, 6.45) is 0. The Labute approximate surface area is 103 Å². The predicted octanol–water partition coefficient (Wildman–Crippen LogP) is 0.644. The molecule has 0 bridgehead atoms. The number of phenols is 1. The monoisotopic (exact) mass is 204 g/mol. The molecule has 1 rings (SSSR count). The minimum atomic E-state index is -1.25. The third-order valence-electron chi connectivity index (χ3n) is 1.65. The first-order valence-electron chi connectivity index (χ1n) is 3.60. The van der Waals surface area contributed by atoms with Gasteiger partial charge in [-0.25, -0.2) is 4.79 Å². The number of benzene rings is 1. The fourth-order valence-electron chi connectivity index (χ4n) is 1.00. The second-order valence-electron chi connectivity index (χ2n) is 2.56. The number of carboxylic acids is 1. The second kappa shape index (κ2) is 5.14. The zero-order valence-electron chi connectivity index (χ0n) is 6.94. The van der Waals surface area contributed by atoms with Crippen molar-refractivity contribution in [3.05, 3.63) is 29.3 Å². The van der Waals surface area contributed by atoms with Crippen LogP contribution in [-0.2, 0) is 0 Å². The number of hydrogen-bond acceptors (Lipinski definition) is 3. The first kappa shape index (κ1) is 13.2. The van der Waals surface area contributed by atoms with Crippen LogP contribution in [0.25, 0.3) is 0 Å². The third kappa shape index (κ3) is 2.57. The van der Waals surface area contributed by atoms with E-state index in [1.165, 1.54) is 25.1 Å². The van der Waals surface area contributed by atoms with Gasteiger partial charge in [-0.05, 0) is 19.1 Å². The molecular formula is C9H9NaO4. The molecule has 0 fully saturated rings. The van der Waals surface area contributed by atoms with E-state index >= 15 is 0 Å². The topological polar surface area (TPSA) is 74.6 Å². The van der Waals surface area contributed by atoms with Crippen LogP contribution in [0.1, 0.15) is 27.6 Å². The summed E-state index contributed by atoms with van der Waals surface area (Å²) in [6, 6.07) is 4.04. The number of rotatable bonds is 2. The maximum atomic E-state index is 10.9. The first-order chi connectivity index (χ1) is 6.04. The van der Waals surface area contributed by atoms with Crippen LogP contribution in [-0.4, -0.2) is 51.5 Å². The standard InChI is InChI=1S/C9H8O4.Na.H/c1-5(10)6-3-2-4-7(8(6)11)9(12)13;;/h2-4,11H,1H3,(H,12,13);;. The summed E-state index contributed by atoms with van der Waals surface area (Å²) in [5, 5.41) is 17.9. The number of aromatic carboxylic acids is 1. The molecule has 0 atom stereocenters. The average molecular weight is 204 g/mol. The fraction of sp³-hybridized carbons (Fsp3) is 0.111. The van der Waals surface area contributed by atoms with Gasteiger partial charge in [0.15, 0.2) is 5.78 Å². The molecule has 0 aliphatic carbocycles. The van der Waals surface area contributed by atoms with E-state index in [4.69, 9.17) is 5.11 Å². The van der Waals surface area contributed by atoms with Crippen LogP contribution in [0, 0.1) is 0 Å². The van der Waals surface area contributed by atoms with Gasteiger partial charge in [0.2, 0.25) is 0 Å². The molecule has 0 amide bonds. The molecule has 0 saturated heterocycles. The van der Waals surface area contributed by atoms with Gasteiger partial charge in [0, 0.05) is 0 Å². The number of aromatic hydroxyl groups is 1. The quantitative estimate of drug-likeness (QED) is 0.547. The zero-order valence-corrected chi connectivity index (χ0v) is 6.94. The summed E-state index contributed by atoms with van der Waals surface area (Å²) in [4.78, 5) is 21.4. The number of Topliss-reactive ketones (excluding diaryl/α,β-unsaturated/α-hetero) is 1. The normalized spacial score (nSPS) is 8.93. The van der Waals surface area contributed by atoms with Gasteiger partial charge in [-0.3, -0.25) is 4.79 Å². The number of carbonyl (C=O) groups is 2. The Morgan fingerprint density at radius 2 is 1.71 bits per heavy atom. The van der Waals surface area contributed by atoms with Gasteiger partial charge in [0.25, 0.3) is 0 Å². The summed E-state index contributed by atoms with van der Waals surface area (Å²) in [7, 11) is 0. The van der Waals surface area contributed by atoms with Crippen LogP contribution in [0.5, 0.6) is 5.75 Å². The molecule has 0 unspecified atom stereocenters. The van der Waals surface area contributed by atoms with E-state index < -0.39 is 11.7 Å². The fourth-order valence-corrected chi connectivity index (χ4v) is 1.00. The van der Waals surface area contributed by atoms with Crippen LogP contribution in [0.3, 0.4) is 0 Å². The SMILES string of the molecule is CC(=O)c1cccc(C(=O)O)c1O.[NaH]. The van der Waals surface area contributed by atoms with Gasteiger partial charge >= 0.3 is 35.5 Å². The molecule has 1 aromatic rings. The molecule has 0 aromatic heterocycles. The van der Waals surface area contributed by atoms with Crippen LogP contribution in [0.15, 0.2) is 18.2 Å². The average Bonchev–Trinajstić information content (AvgIpc) is 2.03. The van der Waals surface area contributed by atoms with Crippen molar-refractivity contribution in [2.75, 3.05) is 0 Å². The molecule has 0 radical (unpaired) electrons. The van der Waals surface area contributed by atoms with Crippen LogP contribution in [0.2, 0.25) is 0 Å². The van der Waals surface area contributed by atoms with Crippen LogP contribution < -0.4 is 0 Å². The maximum absolute atomic E-state index is 10.9. The van der Waals surface area contributed by atoms with E-state index in [1.54, 1.807) is 0 Å². The minimum absolute atomic E-state index is 0. The van der Waals surface area contributed by atoms with Crippen molar-refractivity contribution in [1.29, 1.82) is 0 Å². The summed E-state index contributed by atoms with van der Waals surface area (Å²) in [5.41, 5.74) is -0.229. The predicted molar refractivity (Wildman–Crippen MR) is 52.2 cm³/mol. The molecule has 1 aromatic carbocycles. The molecule has 14 heavy (non-hydrogen) atoms. The van der Waals surface area contributed by atoms with Gasteiger partial charge in [-0.1, -0.05) is 6.07 Å². The Kier molecular flexibility index (Phi) is 4.83. The summed E-state index contributed by atoms with van der Waals surface area (Å²) >= 11 is 0. The molecule has 70 valence electrons. The van der Waals surface area contributed by atoms with Crippen molar-refractivity contribution < 1.29 is 19.8 Å². The molecule has 0 heterocycles. The van der Waals surface area contributed by atoms with E-state index in [2.05, 4.69) is 0 Å². The Hall–Kier alpha value is -0.840. The second-order valence-corrected chi connectivity index (χ2v) is 2.56. The summed E-state index contributed by atoms with van der Waals surface area (Å²) in [6.45, 7) is 1.26. The van der Waals surface area contributed by atoms with Crippen molar-refractivity contribution in [2.24, 2.45) is 0 Å². The Morgan fingerprint density at radius 3 is 2.14 bits per heavy atom. The zero-order chi connectivity index (χ0) is 10.0. The van der Waals surface area contributed by atoms with Crippen molar-refractivity contribution >= 4 is 41.3 Å². The molecule has 0 aliphatic heterocycles. The van der Waals surface area contributed by atoms with Crippen molar-refractivity contribution in [1.82, 2.24) is 0 Å². The molecule has 5 heteroatoms. The molecular weight excluding hydrogens is 195 g/mol. The van der Waals surface area contributed by atoms with Crippen LogP contribution in [0.4, 0.5) is 0 Å². The number of para-hydroxylation sites is 1. The van der Waals surface area contributed by atoms with Gasteiger partial charge < -0.3 is 10.2 Å². The van der Waals surface area contributed by atoms with Crippen molar-refractivity contribution in [3.8, 4) is 5.75 Å². The molecule has 0 aliphatic rings. The summed E-state index contributed by atoms with van der Waals surface area (Å²) < 4.78 is 0. The first-order valence-corrected chi connectivity index (χ1v) is 3.60. The molecule has 4 nitrogen and oxygen atoms in total. The van der Waals surface area contributed by atoms with Crippen molar-refractivity contribution in [2.45, 2.75) is 6.92 Å². The molecule has 0 spiro atoms. The van der Waals surface area contributed by atoms with E-state index in [0.717, 1.165) is 0 Å². The number of carboxylic acid groups (broad SMARTS) is 1. The Bertz CT molecular complexity index is 341. The van der Waals surface area contributed by atoms with Gasteiger partial charge in [0.05, 0.1) is 5.56 Å². The van der Waals surface area contributed by atoms with E-state index in [0.29, 0.717) is 0 Å². The van der Waals surface area contributed by atoms with Gasteiger partial charge in [0.1, 0.15) is 11.3 Å². The molecule has 0 saturated carbocycles. The van der Waals surface area contributed by atoms with E-state index in [1.807, 2.05) is 0 Å². The number of carbonyl (C=O) groups excluding carboxylic acids is 1. The third-order valence-corrected chi connectivity index (χ3v) is 1.65. The Balaban J connectivity index is 0.00000169. The summed E-state index contributed by atoms with van der Waals surface area (Å²) in [5.74, 6) is -2.08. The number of ketones is 1. The van der Waals surface area contributed by atoms with Crippen LogP contribution >= 0.6 is 0 Å². The number of hydrogen-bond donors (Lipinski definition) is 2. The van der Waals surface area contributed by atoms with Crippen molar-refractivity contribution in [3.63, 3.8) is 0 Å². The van der Waals surface area contributed by atoms with E-state index in [-0.39, 0.29) is 46.5 Å². The Morgan fingerprint density at radius 1 is 1.21 bits per heavy atom. The van der Waals surface area contributed by atoms with Gasteiger partial charge in [-0.15, -0.1) is 0 Å². The van der Waals surface area contributed by atoms with E-state index in [9.17, 15) is 14.7 Å².